The molecule has 2 aromatic rings. The number of unbranched alkanes of at least 4 members (excludes halogenated alkanes) is 3. The Balaban J connectivity index is 1.89. The van der Waals surface area contributed by atoms with Crippen LogP contribution in [0.3, 0.4) is 0 Å². The molecule has 0 spiro atoms. The van der Waals surface area contributed by atoms with E-state index in [0.29, 0.717) is 0 Å². The fourth-order valence-electron chi connectivity index (χ4n) is 3.52. The van der Waals surface area contributed by atoms with E-state index in [0.717, 1.165) is 18.5 Å². The number of hydrogen-bond acceptors (Lipinski definition) is 2. The molecule has 1 aliphatic rings. The summed E-state index contributed by atoms with van der Waals surface area (Å²) in [5, 5.41) is 5.07. The minimum atomic E-state index is 1.08. The molecule has 0 atom stereocenters. The van der Waals surface area contributed by atoms with Crippen molar-refractivity contribution < 1.29 is 0 Å². The second-order valence-electron chi connectivity index (χ2n) is 6.48. The molecule has 1 N–H and O–H groups in total. The molecular weight excluding hydrogens is 268 g/mol. The molecule has 118 valence electrons. The van der Waals surface area contributed by atoms with Crippen molar-refractivity contribution in [3.05, 3.63) is 35.5 Å². The summed E-state index contributed by atoms with van der Waals surface area (Å²) in [6.45, 7) is 3.35. The highest BCUT2D eigenvalue weighted by Crippen LogP contribution is 2.32. The molecule has 3 rings (SSSR count). The zero-order valence-electron chi connectivity index (χ0n) is 13.8. The van der Waals surface area contributed by atoms with Gasteiger partial charge in [-0.1, -0.05) is 50.8 Å². The molecule has 1 aliphatic carbocycles. The number of nitrogens with zero attached hydrogens (tertiary/aromatic N) is 1. The number of aromatic nitrogens is 1. The first-order valence-corrected chi connectivity index (χ1v) is 9.04. The average Bonchev–Trinajstić information content (AvgIpc) is 2.79. The molecule has 0 amide bonds. The Labute approximate surface area is 134 Å². The number of benzene rings is 1. The fraction of sp³-hybridized carbons (Fsp3) is 0.550. The maximum Gasteiger partial charge on any atom is 0.0726 e. The first-order valence-electron chi connectivity index (χ1n) is 9.04. The van der Waals surface area contributed by atoms with Crippen molar-refractivity contribution in [2.75, 3.05) is 11.9 Å². The van der Waals surface area contributed by atoms with Crippen LogP contribution in [0.1, 0.15) is 63.1 Å². The van der Waals surface area contributed by atoms with Gasteiger partial charge in [0.05, 0.1) is 5.52 Å². The van der Waals surface area contributed by atoms with Crippen LogP contribution in [0.2, 0.25) is 0 Å². The van der Waals surface area contributed by atoms with Gasteiger partial charge in [0, 0.05) is 23.3 Å². The Morgan fingerprint density at radius 1 is 1.00 bits per heavy atom. The summed E-state index contributed by atoms with van der Waals surface area (Å²) in [5.41, 5.74) is 5.36. The van der Waals surface area contributed by atoms with E-state index >= 15 is 0 Å². The van der Waals surface area contributed by atoms with Crippen LogP contribution in [0.25, 0.3) is 10.9 Å². The number of nitrogens with one attached hydrogen (secondary N) is 1. The molecule has 22 heavy (non-hydrogen) atoms. The monoisotopic (exact) mass is 296 g/mol. The third-order valence-corrected chi connectivity index (χ3v) is 4.75. The van der Waals surface area contributed by atoms with Gasteiger partial charge < -0.3 is 5.32 Å². The van der Waals surface area contributed by atoms with Gasteiger partial charge in [-0.15, -0.1) is 0 Å². The van der Waals surface area contributed by atoms with E-state index in [4.69, 9.17) is 4.98 Å². The van der Waals surface area contributed by atoms with Crippen LogP contribution < -0.4 is 5.32 Å². The number of aryl methyl sites for hydroxylation is 1. The molecule has 0 saturated carbocycles. The van der Waals surface area contributed by atoms with E-state index in [1.54, 1.807) is 0 Å². The molecule has 2 heteroatoms. The van der Waals surface area contributed by atoms with Gasteiger partial charge >= 0.3 is 0 Å². The highest BCUT2D eigenvalue weighted by molar-refractivity contribution is 5.93. The number of hydrogen-bond donors (Lipinski definition) is 1. The zero-order valence-corrected chi connectivity index (χ0v) is 13.8. The Morgan fingerprint density at radius 3 is 2.77 bits per heavy atom. The molecule has 1 aromatic carbocycles. The molecule has 1 heterocycles. The van der Waals surface area contributed by atoms with E-state index < -0.39 is 0 Å². The lowest BCUT2D eigenvalue weighted by atomic mass is 10.0. The minimum Gasteiger partial charge on any atom is -0.384 e. The summed E-state index contributed by atoms with van der Waals surface area (Å²) in [6.07, 6.45) is 11.5. The van der Waals surface area contributed by atoms with E-state index in [1.807, 2.05) is 0 Å². The number of para-hydroxylation sites is 1. The van der Waals surface area contributed by atoms with Gasteiger partial charge in [-0.3, -0.25) is 4.98 Å². The minimum absolute atomic E-state index is 1.08. The third kappa shape index (κ3) is 3.43. The van der Waals surface area contributed by atoms with E-state index in [2.05, 4.69) is 36.5 Å². The first kappa shape index (κ1) is 15.3. The normalized spacial score (nSPS) is 14.6. The van der Waals surface area contributed by atoms with Crippen LogP contribution in [0, 0.1) is 0 Å². The molecule has 0 aliphatic heterocycles. The van der Waals surface area contributed by atoms with Gasteiger partial charge in [0.25, 0.3) is 0 Å². The number of anilines is 1. The Hall–Kier alpha value is -1.57. The fourth-order valence-corrected chi connectivity index (χ4v) is 3.52. The quantitative estimate of drug-likeness (QED) is 0.562. The van der Waals surface area contributed by atoms with E-state index in [-0.39, 0.29) is 0 Å². The van der Waals surface area contributed by atoms with Crippen molar-refractivity contribution in [3.63, 3.8) is 0 Å². The van der Waals surface area contributed by atoms with Gasteiger partial charge in [-0.05, 0) is 43.7 Å². The SMILES string of the molecule is CCCCCCNc1c2c(nc3ccccc13)CCCCC2. The molecule has 0 radical (unpaired) electrons. The highest BCUT2D eigenvalue weighted by Gasteiger charge is 2.16. The Morgan fingerprint density at radius 2 is 1.86 bits per heavy atom. The largest absolute Gasteiger partial charge is 0.384 e. The molecule has 0 bridgehead atoms. The van der Waals surface area contributed by atoms with Gasteiger partial charge in [-0.25, -0.2) is 0 Å². The van der Waals surface area contributed by atoms with Crippen molar-refractivity contribution in [1.29, 1.82) is 0 Å². The second-order valence-corrected chi connectivity index (χ2v) is 6.48. The molecule has 2 nitrogen and oxygen atoms in total. The van der Waals surface area contributed by atoms with E-state index in [1.165, 1.54) is 73.7 Å². The standard InChI is InChI=1S/C20H28N2/c1-2-3-4-10-15-21-20-16-11-6-5-7-13-18(16)22-19-14-9-8-12-17(19)20/h8-9,12,14H,2-7,10-11,13,15H2,1H3,(H,21,22). The maximum absolute atomic E-state index is 4.95. The molecule has 0 unspecified atom stereocenters. The summed E-state index contributed by atoms with van der Waals surface area (Å²) in [4.78, 5) is 4.95. The van der Waals surface area contributed by atoms with Crippen LogP contribution in [0.4, 0.5) is 5.69 Å². The summed E-state index contributed by atoms with van der Waals surface area (Å²) in [7, 11) is 0. The lowest BCUT2D eigenvalue weighted by Crippen LogP contribution is -2.08. The summed E-state index contributed by atoms with van der Waals surface area (Å²) < 4.78 is 0. The smallest absolute Gasteiger partial charge is 0.0726 e. The van der Waals surface area contributed by atoms with Crippen molar-refractivity contribution in [2.24, 2.45) is 0 Å². The average molecular weight is 296 g/mol. The van der Waals surface area contributed by atoms with Gasteiger partial charge in [0.1, 0.15) is 0 Å². The van der Waals surface area contributed by atoms with Crippen molar-refractivity contribution in [2.45, 2.75) is 64.7 Å². The summed E-state index contributed by atoms with van der Waals surface area (Å²) in [5.74, 6) is 0. The molecule has 0 saturated heterocycles. The van der Waals surface area contributed by atoms with Gasteiger partial charge in [0.15, 0.2) is 0 Å². The number of rotatable bonds is 6. The molecule has 0 fully saturated rings. The lowest BCUT2D eigenvalue weighted by molar-refractivity contribution is 0.684. The summed E-state index contributed by atoms with van der Waals surface area (Å²) >= 11 is 0. The van der Waals surface area contributed by atoms with Crippen LogP contribution >= 0.6 is 0 Å². The zero-order chi connectivity index (χ0) is 15.2. The van der Waals surface area contributed by atoms with Crippen LogP contribution in [-0.4, -0.2) is 11.5 Å². The number of pyridine rings is 1. The predicted octanol–water partition coefficient (Wildman–Crippen LogP) is 5.50. The van der Waals surface area contributed by atoms with Crippen LogP contribution in [0.15, 0.2) is 24.3 Å². The third-order valence-electron chi connectivity index (χ3n) is 4.75. The topological polar surface area (TPSA) is 24.9 Å². The molecular formula is C20H28N2. The van der Waals surface area contributed by atoms with E-state index in [9.17, 15) is 0 Å². The Kier molecular flexibility index (Phi) is 5.31. The first-order chi connectivity index (χ1) is 10.9. The predicted molar refractivity (Wildman–Crippen MR) is 95.6 cm³/mol. The van der Waals surface area contributed by atoms with Crippen molar-refractivity contribution >= 4 is 16.6 Å². The van der Waals surface area contributed by atoms with Crippen LogP contribution in [0.5, 0.6) is 0 Å². The summed E-state index contributed by atoms with van der Waals surface area (Å²) in [6, 6.07) is 8.61. The highest BCUT2D eigenvalue weighted by atomic mass is 14.9. The second kappa shape index (κ2) is 7.62. The van der Waals surface area contributed by atoms with Crippen molar-refractivity contribution in [3.8, 4) is 0 Å². The molecule has 1 aromatic heterocycles. The van der Waals surface area contributed by atoms with Crippen LogP contribution in [-0.2, 0) is 12.8 Å². The number of fused-ring (bicyclic) bond motifs is 2. The Bertz CT molecular complexity index is 618. The van der Waals surface area contributed by atoms with Gasteiger partial charge in [0.2, 0.25) is 0 Å². The van der Waals surface area contributed by atoms with Crippen molar-refractivity contribution in [1.82, 2.24) is 4.98 Å². The van der Waals surface area contributed by atoms with Gasteiger partial charge in [-0.2, -0.15) is 0 Å². The lowest BCUT2D eigenvalue weighted by Gasteiger charge is -2.17. The maximum atomic E-state index is 4.95.